The van der Waals surface area contributed by atoms with E-state index in [-0.39, 0.29) is 5.91 Å². The first-order valence-corrected chi connectivity index (χ1v) is 7.19. The Bertz CT molecular complexity index is 567. The molecule has 1 aliphatic heterocycles. The Labute approximate surface area is 116 Å². The summed E-state index contributed by atoms with van der Waals surface area (Å²) in [6.45, 7) is 1.86. The summed E-state index contributed by atoms with van der Waals surface area (Å²) >= 11 is 1.79. The summed E-state index contributed by atoms with van der Waals surface area (Å²) in [5, 5.41) is 5.16. The van der Waals surface area contributed by atoms with E-state index in [0.29, 0.717) is 6.54 Å². The Balaban J connectivity index is 1.57. The lowest BCUT2D eigenvalue weighted by Gasteiger charge is -2.27. The minimum atomic E-state index is 0.127. The molecule has 0 saturated carbocycles. The molecule has 19 heavy (non-hydrogen) atoms. The van der Waals surface area contributed by atoms with E-state index >= 15 is 0 Å². The highest BCUT2D eigenvalue weighted by atomic mass is 32.1. The number of rotatable bonds is 3. The predicted octanol–water partition coefficient (Wildman–Crippen LogP) is 2.14. The molecule has 0 aliphatic carbocycles. The van der Waals surface area contributed by atoms with Crippen LogP contribution < -0.4 is 5.32 Å². The minimum Gasteiger partial charge on any atom is -0.361 e. The van der Waals surface area contributed by atoms with E-state index in [4.69, 9.17) is 0 Å². The molecule has 0 aromatic carbocycles. The van der Waals surface area contributed by atoms with Crippen LogP contribution in [-0.2, 0) is 17.8 Å². The molecule has 98 valence electrons. The molecular formula is C14H15N3OS. The second kappa shape index (κ2) is 5.40. The zero-order chi connectivity index (χ0) is 13.1. The summed E-state index contributed by atoms with van der Waals surface area (Å²) in [5.74, 6) is 0.867. The molecule has 1 amide bonds. The third-order valence-electron chi connectivity index (χ3n) is 3.25. The molecule has 3 rings (SSSR count). The number of carbonyl (C=O) groups excluding carboxylic acids is 1. The first kappa shape index (κ1) is 12.2. The predicted molar refractivity (Wildman–Crippen MR) is 76.2 cm³/mol. The van der Waals surface area contributed by atoms with Crippen molar-refractivity contribution in [2.45, 2.75) is 13.0 Å². The molecule has 1 aliphatic rings. The highest BCUT2D eigenvalue weighted by molar-refractivity contribution is 7.10. The van der Waals surface area contributed by atoms with Crippen molar-refractivity contribution in [2.24, 2.45) is 0 Å². The molecule has 0 saturated heterocycles. The number of nitrogens with one attached hydrogen (secondary N) is 1. The molecule has 0 bridgehead atoms. The van der Waals surface area contributed by atoms with Crippen molar-refractivity contribution in [1.29, 1.82) is 0 Å². The molecule has 3 heterocycles. The average molecular weight is 273 g/mol. The van der Waals surface area contributed by atoms with Crippen LogP contribution in [0.4, 0.5) is 5.82 Å². The van der Waals surface area contributed by atoms with Crippen LogP contribution in [0.15, 0.2) is 35.8 Å². The Morgan fingerprint density at radius 1 is 1.42 bits per heavy atom. The van der Waals surface area contributed by atoms with Crippen molar-refractivity contribution in [3.63, 3.8) is 0 Å². The van der Waals surface area contributed by atoms with Crippen LogP contribution in [0.2, 0.25) is 0 Å². The van der Waals surface area contributed by atoms with Crippen molar-refractivity contribution in [2.75, 3.05) is 18.4 Å². The van der Waals surface area contributed by atoms with Crippen LogP contribution >= 0.6 is 11.3 Å². The summed E-state index contributed by atoms with van der Waals surface area (Å²) in [7, 11) is 0. The fourth-order valence-corrected chi connectivity index (χ4v) is 3.10. The standard InChI is InChI=1S/C14H15N3OS/c18-14(9-16-13-3-1-2-6-15-13)17-7-4-12-11(10-17)5-8-19-12/h1-3,5-6,8H,4,7,9-10H2,(H,15,16). The van der Waals surface area contributed by atoms with Crippen LogP contribution in [0.5, 0.6) is 0 Å². The van der Waals surface area contributed by atoms with E-state index in [9.17, 15) is 4.79 Å². The maximum atomic E-state index is 12.1. The summed E-state index contributed by atoms with van der Waals surface area (Å²) in [4.78, 5) is 19.6. The second-order valence-corrected chi connectivity index (χ2v) is 5.50. The van der Waals surface area contributed by atoms with E-state index in [2.05, 4.69) is 21.7 Å². The first-order valence-electron chi connectivity index (χ1n) is 6.31. The minimum absolute atomic E-state index is 0.127. The van der Waals surface area contributed by atoms with E-state index < -0.39 is 0 Å². The number of hydrogen-bond acceptors (Lipinski definition) is 4. The third kappa shape index (κ3) is 2.76. The summed E-state index contributed by atoms with van der Waals surface area (Å²) in [6, 6.07) is 7.74. The number of thiophene rings is 1. The molecular weight excluding hydrogens is 258 g/mol. The number of hydrogen-bond donors (Lipinski definition) is 1. The Hall–Kier alpha value is -1.88. The number of nitrogens with zero attached hydrogens (tertiary/aromatic N) is 2. The van der Waals surface area contributed by atoms with Gasteiger partial charge in [0.1, 0.15) is 5.82 Å². The summed E-state index contributed by atoms with van der Waals surface area (Å²) < 4.78 is 0. The first-order chi connectivity index (χ1) is 9.33. The highest BCUT2D eigenvalue weighted by Gasteiger charge is 2.20. The molecule has 2 aromatic rings. The third-order valence-corrected chi connectivity index (χ3v) is 4.27. The monoisotopic (exact) mass is 273 g/mol. The molecule has 0 spiro atoms. The topological polar surface area (TPSA) is 45.2 Å². The Kier molecular flexibility index (Phi) is 3.46. The van der Waals surface area contributed by atoms with Crippen molar-refractivity contribution < 1.29 is 4.79 Å². The van der Waals surface area contributed by atoms with Gasteiger partial charge in [0.25, 0.3) is 0 Å². The zero-order valence-electron chi connectivity index (χ0n) is 10.5. The number of fused-ring (bicyclic) bond motifs is 1. The van der Waals surface area contributed by atoms with Gasteiger partial charge in [-0.25, -0.2) is 4.98 Å². The van der Waals surface area contributed by atoms with Crippen molar-refractivity contribution in [3.8, 4) is 0 Å². The van der Waals surface area contributed by atoms with E-state index in [1.807, 2.05) is 23.1 Å². The van der Waals surface area contributed by atoms with Crippen LogP contribution in [0.3, 0.4) is 0 Å². The lowest BCUT2D eigenvalue weighted by atomic mass is 10.1. The fraction of sp³-hybridized carbons (Fsp3) is 0.286. The number of pyridine rings is 1. The van der Waals surface area contributed by atoms with Gasteiger partial charge >= 0.3 is 0 Å². The molecule has 4 nitrogen and oxygen atoms in total. The maximum absolute atomic E-state index is 12.1. The average Bonchev–Trinajstić information content (AvgIpc) is 2.93. The maximum Gasteiger partial charge on any atom is 0.242 e. The normalized spacial score (nSPS) is 14.0. The number of carbonyl (C=O) groups is 1. The Morgan fingerprint density at radius 3 is 3.21 bits per heavy atom. The largest absolute Gasteiger partial charge is 0.361 e. The molecule has 0 atom stereocenters. The SMILES string of the molecule is O=C(CNc1ccccn1)N1CCc2sccc2C1. The Morgan fingerprint density at radius 2 is 2.37 bits per heavy atom. The molecule has 0 unspecified atom stereocenters. The fourth-order valence-electron chi connectivity index (χ4n) is 2.21. The zero-order valence-corrected chi connectivity index (χ0v) is 11.3. The van der Waals surface area contributed by atoms with Crippen LogP contribution in [-0.4, -0.2) is 28.9 Å². The van der Waals surface area contributed by atoms with Gasteiger partial charge in [-0.3, -0.25) is 4.79 Å². The quantitative estimate of drug-likeness (QED) is 0.932. The van der Waals surface area contributed by atoms with Crippen LogP contribution in [0.25, 0.3) is 0 Å². The van der Waals surface area contributed by atoms with Crippen LogP contribution in [0.1, 0.15) is 10.4 Å². The summed E-state index contributed by atoms with van der Waals surface area (Å²) in [5.41, 5.74) is 1.29. The molecule has 0 radical (unpaired) electrons. The molecule has 5 heteroatoms. The number of aromatic nitrogens is 1. The van der Waals surface area contributed by atoms with Gasteiger partial charge in [0.15, 0.2) is 0 Å². The number of amides is 1. The van der Waals surface area contributed by atoms with Gasteiger partial charge in [0.2, 0.25) is 5.91 Å². The van der Waals surface area contributed by atoms with Gasteiger partial charge in [-0.05, 0) is 35.6 Å². The lowest BCUT2D eigenvalue weighted by Crippen LogP contribution is -2.38. The molecule has 1 N–H and O–H groups in total. The van der Waals surface area contributed by atoms with Gasteiger partial charge in [0.05, 0.1) is 6.54 Å². The van der Waals surface area contributed by atoms with Gasteiger partial charge in [-0.15, -0.1) is 11.3 Å². The highest BCUT2D eigenvalue weighted by Crippen LogP contribution is 2.23. The molecule has 0 fully saturated rings. The van der Waals surface area contributed by atoms with Gasteiger partial charge in [-0.2, -0.15) is 0 Å². The van der Waals surface area contributed by atoms with Crippen molar-refractivity contribution in [1.82, 2.24) is 9.88 Å². The second-order valence-electron chi connectivity index (χ2n) is 4.50. The van der Waals surface area contributed by atoms with E-state index in [0.717, 1.165) is 25.3 Å². The molecule has 2 aromatic heterocycles. The number of anilines is 1. The van der Waals surface area contributed by atoms with E-state index in [1.165, 1.54) is 10.4 Å². The van der Waals surface area contributed by atoms with E-state index in [1.54, 1.807) is 17.5 Å². The van der Waals surface area contributed by atoms with Crippen molar-refractivity contribution in [3.05, 3.63) is 46.3 Å². The smallest absolute Gasteiger partial charge is 0.242 e. The van der Waals surface area contributed by atoms with Gasteiger partial charge in [0, 0.05) is 24.2 Å². The van der Waals surface area contributed by atoms with Crippen molar-refractivity contribution >= 4 is 23.1 Å². The van der Waals surface area contributed by atoms with Gasteiger partial charge < -0.3 is 10.2 Å². The van der Waals surface area contributed by atoms with Crippen LogP contribution in [0, 0.1) is 0 Å². The summed E-state index contributed by atoms with van der Waals surface area (Å²) in [6.07, 6.45) is 2.69. The lowest BCUT2D eigenvalue weighted by molar-refractivity contribution is -0.130. The van der Waals surface area contributed by atoms with Gasteiger partial charge in [-0.1, -0.05) is 6.07 Å².